The Hall–Kier alpha value is -1.47. The topological polar surface area (TPSA) is 36.7 Å². The van der Waals surface area contributed by atoms with Gasteiger partial charge in [0.15, 0.2) is 0 Å². The summed E-state index contributed by atoms with van der Waals surface area (Å²) in [6, 6.07) is 4.78. The summed E-state index contributed by atoms with van der Waals surface area (Å²) in [5.41, 5.74) is 0.824. The van der Waals surface area contributed by atoms with Crippen molar-refractivity contribution >= 4 is 21.6 Å². The fourth-order valence-electron chi connectivity index (χ4n) is 1.27. The average Bonchev–Trinajstić information content (AvgIpc) is 2.60. The van der Waals surface area contributed by atoms with E-state index >= 15 is 0 Å². The largest absolute Gasteiger partial charge is 0.241 e. The third-order valence-electron chi connectivity index (χ3n) is 1.97. The lowest BCUT2D eigenvalue weighted by Crippen LogP contribution is -1.82. The predicted octanol–water partition coefficient (Wildman–Crippen LogP) is 2.87. The third-order valence-corrected chi connectivity index (χ3v) is 3.20. The summed E-state index contributed by atoms with van der Waals surface area (Å²) < 4.78 is 13.8. The molecule has 0 saturated carbocycles. The van der Waals surface area contributed by atoms with E-state index in [1.165, 1.54) is 17.4 Å². The summed E-state index contributed by atoms with van der Waals surface area (Å²) in [5.74, 6) is -0.466. The lowest BCUT2D eigenvalue weighted by molar-refractivity contribution is 0.626. The molecule has 0 bridgehead atoms. The number of aromatic nitrogens is 1. The molecule has 1 aromatic heterocycles. The number of hydrogen-bond donors (Lipinski definition) is 0. The van der Waals surface area contributed by atoms with Crippen molar-refractivity contribution < 1.29 is 4.39 Å². The van der Waals surface area contributed by atoms with E-state index in [4.69, 9.17) is 5.26 Å². The van der Waals surface area contributed by atoms with Crippen LogP contribution in [0.1, 0.15) is 17.5 Å². The van der Waals surface area contributed by atoms with Gasteiger partial charge in [0.25, 0.3) is 0 Å². The van der Waals surface area contributed by atoms with E-state index in [-0.39, 0.29) is 5.56 Å². The minimum Gasteiger partial charge on any atom is -0.241 e. The predicted molar refractivity (Wildman–Crippen MR) is 53.7 cm³/mol. The number of thiazole rings is 1. The van der Waals surface area contributed by atoms with Gasteiger partial charge in [-0.05, 0) is 18.6 Å². The van der Waals surface area contributed by atoms with Gasteiger partial charge < -0.3 is 0 Å². The van der Waals surface area contributed by atoms with Crippen molar-refractivity contribution in [2.45, 2.75) is 13.3 Å². The normalized spacial score (nSPS) is 10.4. The molecule has 0 amide bonds. The smallest absolute Gasteiger partial charge is 0.142 e. The van der Waals surface area contributed by atoms with Crippen LogP contribution in [0.15, 0.2) is 12.1 Å². The highest BCUT2D eigenvalue weighted by Gasteiger charge is 2.11. The summed E-state index contributed by atoms with van der Waals surface area (Å²) in [6.45, 7) is 1.99. The molecule has 0 aliphatic rings. The number of aryl methyl sites for hydroxylation is 1. The summed E-state index contributed by atoms with van der Waals surface area (Å²) in [7, 11) is 0. The van der Waals surface area contributed by atoms with Crippen molar-refractivity contribution in [3.63, 3.8) is 0 Å². The first-order valence-corrected chi connectivity index (χ1v) is 5.06. The Labute approximate surface area is 84.6 Å². The minimum absolute atomic E-state index is 0.111. The quantitative estimate of drug-likeness (QED) is 0.719. The van der Waals surface area contributed by atoms with Crippen molar-refractivity contribution in [2.75, 3.05) is 0 Å². The number of hydrogen-bond acceptors (Lipinski definition) is 3. The van der Waals surface area contributed by atoms with Crippen molar-refractivity contribution in [1.82, 2.24) is 4.98 Å². The standard InChI is InChI=1S/C10H7FN2S/c1-2-9-13-8-4-3-7(11)6(5-12)10(8)14-9/h3-4H,2H2,1H3. The van der Waals surface area contributed by atoms with Gasteiger partial charge in [-0.3, -0.25) is 0 Å². The first-order valence-electron chi connectivity index (χ1n) is 4.24. The second kappa shape index (κ2) is 3.35. The first kappa shape index (κ1) is 9.10. The molecule has 0 spiro atoms. The molecule has 2 aromatic rings. The maximum Gasteiger partial charge on any atom is 0.142 e. The van der Waals surface area contributed by atoms with Gasteiger partial charge in [0, 0.05) is 0 Å². The third kappa shape index (κ3) is 1.26. The average molecular weight is 206 g/mol. The van der Waals surface area contributed by atoms with Crippen LogP contribution in [0.2, 0.25) is 0 Å². The number of nitriles is 1. The Morgan fingerprint density at radius 3 is 3.00 bits per heavy atom. The van der Waals surface area contributed by atoms with Crippen LogP contribution in [0.4, 0.5) is 4.39 Å². The van der Waals surface area contributed by atoms with Crippen LogP contribution in [-0.2, 0) is 6.42 Å². The second-order valence-electron chi connectivity index (χ2n) is 2.84. The molecule has 0 atom stereocenters. The molecule has 0 aliphatic carbocycles. The molecule has 0 saturated heterocycles. The molecular formula is C10H7FN2S. The van der Waals surface area contributed by atoms with E-state index in [0.717, 1.165) is 11.4 Å². The molecule has 0 N–H and O–H groups in total. The highest BCUT2D eigenvalue weighted by molar-refractivity contribution is 7.18. The number of benzene rings is 1. The Balaban J connectivity index is 2.81. The molecule has 0 fully saturated rings. The highest BCUT2D eigenvalue weighted by Crippen LogP contribution is 2.27. The zero-order valence-corrected chi connectivity index (χ0v) is 8.36. The first-order chi connectivity index (χ1) is 6.76. The maximum absolute atomic E-state index is 13.2. The van der Waals surface area contributed by atoms with Gasteiger partial charge in [-0.25, -0.2) is 9.37 Å². The molecule has 2 nitrogen and oxygen atoms in total. The minimum atomic E-state index is -0.466. The van der Waals surface area contributed by atoms with Gasteiger partial charge in [0.05, 0.1) is 15.2 Å². The molecule has 4 heteroatoms. The van der Waals surface area contributed by atoms with E-state index in [2.05, 4.69) is 4.98 Å². The molecule has 0 aliphatic heterocycles. The molecule has 2 rings (SSSR count). The summed E-state index contributed by atoms with van der Waals surface area (Å²) in [4.78, 5) is 4.28. The molecule has 1 heterocycles. The Morgan fingerprint density at radius 2 is 2.36 bits per heavy atom. The highest BCUT2D eigenvalue weighted by atomic mass is 32.1. The summed E-state index contributed by atoms with van der Waals surface area (Å²) in [5, 5.41) is 9.72. The molecule has 0 radical (unpaired) electrons. The Bertz CT molecular complexity index is 525. The fourth-order valence-corrected chi connectivity index (χ4v) is 2.26. The lowest BCUT2D eigenvalue weighted by Gasteiger charge is -1.92. The SMILES string of the molecule is CCc1nc2ccc(F)c(C#N)c2s1. The van der Waals surface area contributed by atoms with Gasteiger partial charge in [0.1, 0.15) is 17.4 Å². The van der Waals surface area contributed by atoms with Crippen LogP contribution in [-0.4, -0.2) is 4.98 Å². The van der Waals surface area contributed by atoms with E-state index < -0.39 is 5.82 Å². The number of rotatable bonds is 1. The van der Waals surface area contributed by atoms with Crippen LogP contribution < -0.4 is 0 Å². The van der Waals surface area contributed by atoms with Gasteiger partial charge in [-0.1, -0.05) is 6.92 Å². The van der Waals surface area contributed by atoms with E-state index in [1.54, 1.807) is 6.07 Å². The van der Waals surface area contributed by atoms with E-state index in [1.807, 2.05) is 13.0 Å². The summed E-state index contributed by atoms with van der Waals surface area (Å²) >= 11 is 1.39. The monoisotopic (exact) mass is 206 g/mol. The maximum atomic E-state index is 13.2. The van der Waals surface area contributed by atoms with E-state index in [9.17, 15) is 4.39 Å². The number of halogens is 1. The van der Waals surface area contributed by atoms with Crippen molar-refractivity contribution in [1.29, 1.82) is 5.26 Å². The van der Waals surface area contributed by atoms with Crippen LogP contribution in [0, 0.1) is 17.1 Å². The number of fused-ring (bicyclic) bond motifs is 1. The molecular weight excluding hydrogens is 199 g/mol. The summed E-state index contributed by atoms with van der Waals surface area (Å²) in [6.07, 6.45) is 0.811. The zero-order chi connectivity index (χ0) is 10.1. The second-order valence-corrected chi connectivity index (χ2v) is 3.93. The number of nitrogens with zero attached hydrogens (tertiary/aromatic N) is 2. The van der Waals surface area contributed by atoms with Crippen molar-refractivity contribution in [2.24, 2.45) is 0 Å². The molecule has 70 valence electrons. The van der Waals surface area contributed by atoms with Gasteiger partial charge in [0.2, 0.25) is 0 Å². The zero-order valence-electron chi connectivity index (χ0n) is 7.54. The lowest BCUT2D eigenvalue weighted by atomic mass is 10.2. The fraction of sp³-hybridized carbons (Fsp3) is 0.200. The van der Waals surface area contributed by atoms with Crippen LogP contribution in [0.25, 0.3) is 10.2 Å². The van der Waals surface area contributed by atoms with Crippen LogP contribution in [0.5, 0.6) is 0 Å². The Kier molecular flexibility index (Phi) is 2.18. The van der Waals surface area contributed by atoms with Crippen molar-refractivity contribution in [3.05, 3.63) is 28.5 Å². The van der Waals surface area contributed by atoms with Crippen LogP contribution >= 0.6 is 11.3 Å². The van der Waals surface area contributed by atoms with Crippen molar-refractivity contribution in [3.8, 4) is 6.07 Å². The molecule has 1 aromatic carbocycles. The van der Waals surface area contributed by atoms with Gasteiger partial charge in [-0.15, -0.1) is 11.3 Å². The van der Waals surface area contributed by atoms with Crippen LogP contribution in [0.3, 0.4) is 0 Å². The van der Waals surface area contributed by atoms with Gasteiger partial charge in [-0.2, -0.15) is 5.26 Å². The Morgan fingerprint density at radius 1 is 1.57 bits per heavy atom. The van der Waals surface area contributed by atoms with Gasteiger partial charge >= 0.3 is 0 Å². The van der Waals surface area contributed by atoms with E-state index in [0.29, 0.717) is 10.2 Å². The molecule has 0 unspecified atom stereocenters. The molecule has 14 heavy (non-hydrogen) atoms.